The molecule has 11 heteroatoms. The molecular weight excluding hydrogens is 557 g/mol. The Morgan fingerprint density at radius 3 is 2.19 bits per heavy atom. The van der Waals surface area contributed by atoms with E-state index in [1.165, 1.54) is 35.2 Å². The van der Waals surface area contributed by atoms with Crippen LogP contribution in [0.4, 0.5) is 5.69 Å². The van der Waals surface area contributed by atoms with E-state index in [2.05, 4.69) is 5.32 Å². The molecule has 37 heavy (non-hydrogen) atoms. The third-order valence-electron chi connectivity index (χ3n) is 5.61. The largest absolute Gasteiger partial charge is 0.355 e. The molecule has 196 valence electrons. The van der Waals surface area contributed by atoms with Crippen molar-refractivity contribution in [3.8, 4) is 0 Å². The maximum Gasteiger partial charge on any atom is 0.264 e. The summed E-state index contributed by atoms with van der Waals surface area (Å²) in [7, 11) is -4.22. The van der Waals surface area contributed by atoms with E-state index in [1.54, 1.807) is 56.3 Å². The quantitative estimate of drug-likeness (QED) is 0.347. The number of carbonyl (C=O) groups is 2. The number of nitrogens with one attached hydrogen (secondary N) is 1. The number of carbonyl (C=O) groups excluding carboxylic acids is 2. The molecule has 0 heterocycles. The summed E-state index contributed by atoms with van der Waals surface area (Å²) < 4.78 is 28.3. The van der Waals surface area contributed by atoms with Crippen LogP contribution in [0.15, 0.2) is 77.7 Å². The summed E-state index contributed by atoms with van der Waals surface area (Å²) >= 11 is 18.8. The van der Waals surface area contributed by atoms with Crippen LogP contribution < -0.4 is 9.62 Å². The summed E-state index contributed by atoms with van der Waals surface area (Å²) in [5.41, 5.74) is 0.683. The summed E-state index contributed by atoms with van der Waals surface area (Å²) in [6.45, 7) is 3.08. The monoisotopic (exact) mass is 581 g/mol. The van der Waals surface area contributed by atoms with E-state index >= 15 is 0 Å². The number of rotatable bonds is 10. The second kappa shape index (κ2) is 12.6. The maximum absolute atomic E-state index is 13.8. The predicted molar refractivity (Wildman–Crippen MR) is 148 cm³/mol. The molecule has 7 nitrogen and oxygen atoms in total. The van der Waals surface area contributed by atoms with Crippen LogP contribution in [0.5, 0.6) is 0 Å². The number of anilines is 1. The molecule has 0 spiro atoms. The van der Waals surface area contributed by atoms with Gasteiger partial charge in [-0.05, 0) is 55.8 Å². The van der Waals surface area contributed by atoms with Crippen molar-refractivity contribution < 1.29 is 18.0 Å². The summed E-state index contributed by atoms with van der Waals surface area (Å²) in [6.07, 6.45) is 0. The van der Waals surface area contributed by atoms with Gasteiger partial charge in [0, 0.05) is 23.1 Å². The van der Waals surface area contributed by atoms with Crippen LogP contribution in [0, 0.1) is 0 Å². The number of hydrogen-bond donors (Lipinski definition) is 1. The first kappa shape index (κ1) is 28.8. The van der Waals surface area contributed by atoms with Gasteiger partial charge in [-0.15, -0.1) is 0 Å². The number of benzene rings is 3. The number of likely N-dealkylation sites (N-methyl/N-ethyl adjacent to an activating group) is 1. The Kier molecular flexibility index (Phi) is 9.84. The van der Waals surface area contributed by atoms with Crippen molar-refractivity contribution in [2.75, 3.05) is 17.4 Å². The second-order valence-corrected chi connectivity index (χ2v) is 11.2. The van der Waals surface area contributed by atoms with E-state index < -0.39 is 28.5 Å². The SMILES string of the molecule is CCNC(=O)C(C)N(Cc1ccccc1Cl)C(=O)CN(c1ccc(Cl)cc1Cl)S(=O)(=O)c1ccccc1. The fourth-order valence-electron chi connectivity index (χ4n) is 3.63. The van der Waals surface area contributed by atoms with Crippen LogP contribution in [0.2, 0.25) is 15.1 Å². The fourth-order valence-corrected chi connectivity index (χ4v) is 5.84. The Balaban J connectivity index is 2.07. The van der Waals surface area contributed by atoms with Crippen molar-refractivity contribution in [2.45, 2.75) is 31.3 Å². The van der Waals surface area contributed by atoms with E-state index in [-0.39, 0.29) is 28.1 Å². The van der Waals surface area contributed by atoms with Gasteiger partial charge >= 0.3 is 0 Å². The minimum Gasteiger partial charge on any atom is -0.355 e. The minimum atomic E-state index is -4.22. The molecule has 0 fully saturated rings. The molecule has 1 atom stereocenters. The maximum atomic E-state index is 13.8. The lowest BCUT2D eigenvalue weighted by Crippen LogP contribution is -2.51. The Morgan fingerprint density at radius 2 is 1.57 bits per heavy atom. The van der Waals surface area contributed by atoms with Crippen LogP contribution in [0.25, 0.3) is 0 Å². The van der Waals surface area contributed by atoms with E-state index in [1.807, 2.05) is 0 Å². The molecule has 1 N–H and O–H groups in total. The lowest BCUT2D eigenvalue weighted by molar-refractivity contribution is -0.139. The number of halogens is 3. The van der Waals surface area contributed by atoms with Gasteiger partial charge in [-0.3, -0.25) is 13.9 Å². The van der Waals surface area contributed by atoms with E-state index in [0.29, 0.717) is 22.2 Å². The third-order valence-corrected chi connectivity index (χ3v) is 8.29. The first-order valence-corrected chi connectivity index (χ1v) is 14.0. The number of sulfonamides is 1. The minimum absolute atomic E-state index is 0.00954. The summed E-state index contributed by atoms with van der Waals surface area (Å²) in [5, 5.41) is 3.48. The topological polar surface area (TPSA) is 86.8 Å². The molecule has 0 radical (unpaired) electrons. The standard InChI is InChI=1S/C26H26Cl3N3O4S/c1-3-30-26(34)18(2)31(16-19-9-7-8-12-22(19)28)25(33)17-32(24-14-13-20(27)15-23(24)29)37(35,36)21-10-5-4-6-11-21/h4-15,18H,3,16-17H2,1-2H3,(H,30,34). The van der Waals surface area contributed by atoms with Crippen LogP contribution in [0.1, 0.15) is 19.4 Å². The number of amides is 2. The van der Waals surface area contributed by atoms with Crippen LogP contribution >= 0.6 is 34.8 Å². The number of hydrogen-bond acceptors (Lipinski definition) is 4. The average molecular weight is 583 g/mol. The van der Waals surface area contributed by atoms with Crippen LogP contribution in [-0.2, 0) is 26.2 Å². The van der Waals surface area contributed by atoms with Crippen LogP contribution in [0.3, 0.4) is 0 Å². The fraction of sp³-hybridized carbons (Fsp3) is 0.231. The van der Waals surface area contributed by atoms with Crippen molar-refractivity contribution in [3.05, 3.63) is 93.4 Å². The molecular formula is C26H26Cl3N3O4S. The smallest absolute Gasteiger partial charge is 0.264 e. The lowest BCUT2D eigenvalue weighted by Gasteiger charge is -2.32. The van der Waals surface area contributed by atoms with E-state index in [0.717, 1.165) is 4.31 Å². The summed E-state index contributed by atoms with van der Waals surface area (Å²) in [5.74, 6) is -1.01. The molecule has 0 aliphatic heterocycles. The van der Waals surface area contributed by atoms with E-state index in [4.69, 9.17) is 34.8 Å². The van der Waals surface area contributed by atoms with Crippen molar-refractivity contribution in [1.82, 2.24) is 10.2 Å². The molecule has 0 bridgehead atoms. The third kappa shape index (κ3) is 6.96. The highest BCUT2D eigenvalue weighted by atomic mass is 35.5. The van der Waals surface area contributed by atoms with Gasteiger partial charge in [0.1, 0.15) is 12.6 Å². The normalized spacial score (nSPS) is 12.0. The van der Waals surface area contributed by atoms with Gasteiger partial charge < -0.3 is 10.2 Å². The van der Waals surface area contributed by atoms with Crippen LogP contribution in [-0.4, -0.2) is 44.3 Å². The van der Waals surface area contributed by atoms with Crippen molar-refractivity contribution in [2.24, 2.45) is 0 Å². The summed E-state index contributed by atoms with van der Waals surface area (Å²) in [4.78, 5) is 27.8. The Morgan fingerprint density at radius 1 is 0.919 bits per heavy atom. The lowest BCUT2D eigenvalue weighted by atomic mass is 10.1. The highest BCUT2D eigenvalue weighted by molar-refractivity contribution is 7.92. The second-order valence-electron chi connectivity index (χ2n) is 8.10. The van der Waals surface area contributed by atoms with Crippen molar-refractivity contribution in [1.29, 1.82) is 0 Å². The van der Waals surface area contributed by atoms with Gasteiger partial charge in [-0.1, -0.05) is 71.2 Å². The first-order chi connectivity index (χ1) is 17.6. The van der Waals surface area contributed by atoms with E-state index in [9.17, 15) is 18.0 Å². The Bertz CT molecular complexity index is 1370. The predicted octanol–water partition coefficient (Wildman–Crippen LogP) is 5.40. The zero-order chi connectivity index (χ0) is 27.2. The van der Waals surface area contributed by atoms with Crippen molar-refractivity contribution in [3.63, 3.8) is 0 Å². The van der Waals surface area contributed by atoms with Crippen molar-refractivity contribution >= 4 is 62.3 Å². The zero-order valence-electron chi connectivity index (χ0n) is 20.2. The van der Waals surface area contributed by atoms with Gasteiger partial charge in [-0.2, -0.15) is 0 Å². The highest BCUT2D eigenvalue weighted by Gasteiger charge is 2.33. The molecule has 0 aliphatic carbocycles. The van der Waals surface area contributed by atoms with Gasteiger partial charge in [0.25, 0.3) is 10.0 Å². The molecule has 0 saturated heterocycles. The molecule has 0 aromatic heterocycles. The molecule has 0 saturated carbocycles. The Hall–Kier alpha value is -2.78. The molecule has 1 unspecified atom stereocenters. The molecule has 0 aliphatic rings. The summed E-state index contributed by atoms with van der Waals surface area (Å²) in [6, 6.07) is 18.0. The first-order valence-electron chi connectivity index (χ1n) is 11.4. The Labute approximate surface area is 232 Å². The van der Waals surface area contributed by atoms with Gasteiger partial charge in [0.2, 0.25) is 11.8 Å². The highest BCUT2D eigenvalue weighted by Crippen LogP contribution is 2.33. The molecule has 3 aromatic carbocycles. The van der Waals surface area contributed by atoms with Gasteiger partial charge in [0.05, 0.1) is 15.6 Å². The average Bonchev–Trinajstić information content (AvgIpc) is 2.87. The number of nitrogens with zero attached hydrogens (tertiary/aromatic N) is 2. The molecule has 2 amide bonds. The molecule has 3 aromatic rings. The van der Waals surface area contributed by atoms with Gasteiger partial charge in [0.15, 0.2) is 0 Å². The molecule has 3 rings (SSSR count). The van der Waals surface area contributed by atoms with Gasteiger partial charge in [-0.25, -0.2) is 8.42 Å². The zero-order valence-corrected chi connectivity index (χ0v) is 23.3.